The van der Waals surface area contributed by atoms with Crippen LogP contribution in [-0.4, -0.2) is 69.2 Å². The number of nitrogens with one attached hydrogen (secondary N) is 5. The smallest absolute Gasteiger partial charge is 0.404 e. The summed E-state index contributed by atoms with van der Waals surface area (Å²) >= 11 is 0. The monoisotopic (exact) mass is 624 g/mol. The van der Waals surface area contributed by atoms with Crippen molar-refractivity contribution in [1.82, 2.24) is 36.6 Å². The predicted octanol–water partition coefficient (Wildman–Crippen LogP) is 3.63. The molecule has 238 valence electrons. The van der Waals surface area contributed by atoms with E-state index in [4.69, 9.17) is 5.11 Å². The van der Waals surface area contributed by atoms with Crippen LogP contribution in [0.3, 0.4) is 0 Å². The lowest BCUT2D eigenvalue weighted by Crippen LogP contribution is -2.48. The second-order valence-electron chi connectivity index (χ2n) is 11.3. The van der Waals surface area contributed by atoms with Gasteiger partial charge in [-0.05, 0) is 83.8 Å². The van der Waals surface area contributed by atoms with Gasteiger partial charge in [0.25, 0.3) is 5.91 Å². The van der Waals surface area contributed by atoms with Gasteiger partial charge in [-0.3, -0.25) is 14.4 Å². The van der Waals surface area contributed by atoms with Crippen LogP contribution < -0.4 is 21.3 Å². The number of rotatable bonds is 11. The van der Waals surface area contributed by atoms with E-state index in [2.05, 4.69) is 41.9 Å². The second kappa shape index (κ2) is 14.9. The molecule has 13 heteroatoms. The minimum atomic E-state index is -1.05. The maximum Gasteiger partial charge on any atom is 0.404 e. The number of aromatic amines is 1. The molecular formula is C33H36N8O5. The van der Waals surface area contributed by atoms with Gasteiger partial charge in [-0.1, -0.05) is 42.5 Å². The molecule has 13 nitrogen and oxygen atoms in total. The molecule has 3 aromatic carbocycles. The van der Waals surface area contributed by atoms with E-state index in [0.29, 0.717) is 36.5 Å². The number of carbonyl (C=O) groups excluding carboxylic acids is 3. The Morgan fingerprint density at radius 3 is 2.26 bits per heavy atom. The molecule has 4 aromatic rings. The number of hydrogen-bond acceptors (Lipinski definition) is 7. The van der Waals surface area contributed by atoms with Gasteiger partial charge in [0.2, 0.25) is 17.6 Å². The number of amides is 4. The third-order valence-corrected chi connectivity index (χ3v) is 8.25. The van der Waals surface area contributed by atoms with Crippen LogP contribution in [-0.2, 0) is 16.0 Å². The Balaban J connectivity index is 1.30. The van der Waals surface area contributed by atoms with Crippen molar-refractivity contribution in [2.24, 2.45) is 11.8 Å². The summed E-state index contributed by atoms with van der Waals surface area (Å²) in [5.74, 6) is -0.409. The van der Waals surface area contributed by atoms with Crippen LogP contribution in [0.2, 0.25) is 0 Å². The summed E-state index contributed by atoms with van der Waals surface area (Å²) < 4.78 is 0. The molecule has 5 rings (SSSR count). The van der Waals surface area contributed by atoms with Gasteiger partial charge < -0.3 is 26.4 Å². The Kier molecular flexibility index (Phi) is 10.3. The fraction of sp³-hybridized carbons (Fsp3) is 0.303. The zero-order valence-electron chi connectivity index (χ0n) is 25.3. The first-order chi connectivity index (χ1) is 22.3. The number of nitrogens with zero attached hydrogens (tertiary/aromatic N) is 3. The van der Waals surface area contributed by atoms with Gasteiger partial charge >= 0.3 is 6.09 Å². The highest BCUT2D eigenvalue weighted by atomic mass is 16.4. The van der Waals surface area contributed by atoms with Gasteiger partial charge in [0.05, 0.1) is 0 Å². The normalized spacial score (nSPS) is 16.5. The van der Waals surface area contributed by atoms with Crippen molar-refractivity contribution < 1.29 is 24.3 Å². The summed E-state index contributed by atoms with van der Waals surface area (Å²) in [6, 6.07) is 21.0. The van der Waals surface area contributed by atoms with Crippen LogP contribution in [0.4, 0.5) is 10.5 Å². The van der Waals surface area contributed by atoms with Crippen molar-refractivity contribution in [2.45, 2.75) is 38.1 Å². The van der Waals surface area contributed by atoms with Crippen molar-refractivity contribution in [2.75, 3.05) is 18.9 Å². The molecule has 0 radical (unpaired) electrons. The lowest BCUT2D eigenvalue weighted by molar-refractivity contribution is -0.130. The molecule has 46 heavy (non-hydrogen) atoms. The Hall–Kier alpha value is -5.59. The number of tetrazole rings is 1. The summed E-state index contributed by atoms with van der Waals surface area (Å²) in [5.41, 5.74) is 4.30. The van der Waals surface area contributed by atoms with E-state index in [1.807, 2.05) is 42.5 Å². The van der Waals surface area contributed by atoms with E-state index in [0.717, 1.165) is 35.1 Å². The first-order valence-corrected chi connectivity index (χ1v) is 15.1. The van der Waals surface area contributed by atoms with Gasteiger partial charge in [0.1, 0.15) is 6.04 Å². The Bertz CT molecular complexity index is 1650. The number of carbonyl (C=O) groups is 4. The largest absolute Gasteiger partial charge is 0.465 e. The average Bonchev–Trinajstić information content (AvgIpc) is 3.63. The van der Waals surface area contributed by atoms with Crippen molar-refractivity contribution in [3.05, 3.63) is 83.9 Å². The minimum Gasteiger partial charge on any atom is -0.465 e. The molecule has 1 heterocycles. The molecule has 0 saturated heterocycles. The summed E-state index contributed by atoms with van der Waals surface area (Å²) in [4.78, 5) is 50.3. The van der Waals surface area contributed by atoms with Crippen LogP contribution in [0.15, 0.2) is 72.8 Å². The van der Waals surface area contributed by atoms with Gasteiger partial charge in [-0.15, -0.1) is 10.2 Å². The minimum absolute atomic E-state index is 0.182. The maximum atomic E-state index is 13.6. The van der Waals surface area contributed by atoms with Crippen LogP contribution in [0.5, 0.6) is 0 Å². The van der Waals surface area contributed by atoms with Crippen molar-refractivity contribution in [1.29, 1.82) is 0 Å². The molecule has 0 unspecified atom stereocenters. The van der Waals surface area contributed by atoms with Crippen molar-refractivity contribution >= 4 is 29.5 Å². The molecule has 1 fully saturated rings. The highest BCUT2D eigenvalue weighted by Crippen LogP contribution is 2.29. The molecule has 0 spiro atoms. The quantitative estimate of drug-likeness (QED) is 0.146. The molecular weight excluding hydrogens is 588 g/mol. The van der Waals surface area contributed by atoms with Gasteiger partial charge in [0.15, 0.2) is 0 Å². The number of aromatic nitrogens is 4. The van der Waals surface area contributed by atoms with E-state index in [-0.39, 0.29) is 36.0 Å². The van der Waals surface area contributed by atoms with E-state index >= 15 is 0 Å². The zero-order chi connectivity index (χ0) is 32.5. The molecule has 1 aromatic heterocycles. The number of benzene rings is 3. The molecule has 0 aliphatic heterocycles. The summed E-state index contributed by atoms with van der Waals surface area (Å²) in [6.45, 7) is 0.365. The molecule has 6 N–H and O–H groups in total. The van der Waals surface area contributed by atoms with E-state index < -0.39 is 12.1 Å². The van der Waals surface area contributed by atoms with E-state index in [1.165, 1.54) is 0 Å². The molecule has 4 amide bonds. The Morgan fingerprint density at radius 1 is 0.913 bits per heavy atom. The number of H-pyrrole nitrogens is 1. The Labute approximate surface area is 265 Å². The van der Waals surface area contributed by atoms with E-state index in [1.54, 1.807) is 37.4 Å². The highest BCUT2D eigenvalue weighted by Gasteiger charge is 2.30. The number of hydrogen-bond donors (Lipinski definition) is 6. The molecule has 0 bridgehead atoms. The summed E-state index contributed by atoms with van der Waals surface area (Å²) in [6.07, 6.45) is 1.86. The molecule has 1 atom stereocenters. The first-order valence-electron chi connectivity index (χ1n) is 15.1. The summed E-state index contributed by atoms with van der Waals surface area (Å²) in [5, 5.41) is 33.8. The van der Waals surface area contributed by atoms with Crippen molar-refractivity contribution in [3.8, 4) is 22.5 Å². The van der Waals surface area contributed by atoms with Crippen molar-refractivity contribution in [3.63, 3.8) is 0 Å². The third-order valence-electron chi connectivity index (χ3n) is 8.25. The van der Waals surface area contributed by atoms with Crippen LogP contribution in [0.25, 0.3) is 22.5 Å². The molecule has 1 saturated carbocycles. The van der Waals surface area contributed by atoms with Gasteiger partial charge in [0, 0.05) is 42.7 Å². The first kappa shape index (κ1) is 31.8. The van der Waals surface area contributed by atoms with Crippen LogP contribution in [0.1, 0.15) is 41.6 Å². The highest BCUT2D eigenvalue weighted by molar-refractivity contribution is 6.01. The second-order valence-corrected chi connectivity index (χ2v) is 11.3. The average molecular weight is 625 g/mol. The fourth-order valence-corrected chi connectivity index (χ4v) is 5.70. The Morgan fingerprint density at radius 2 is 1.61 bits per heavy atom. The standard InChI is InChI=1S/C33H36N8O5/c1-34-31(43)27-5-3-2-4-26(27)22-10-6-20(7-11-22)18-28(37-30(42)24-12-8-21(9-13-24)19-35-33(45)46)32(44)36-25-16-14-23(15-17-25)29-38-40-41-39-29/h2-7,10-11,14-17,21,24,28,35H,8-9,12-13,18-19H2,1H3,(H,34,43)(H,36,44)(H,37,42)(H,45,46)(H,38,39,40,41)/t21-,24-,28-/m0/s1. The maximum absolute atomic E-state index is 13.6. The lowest BCUT2D eigenvalue weighted by Gasteiger charge is -2.29. The van der Waals surface area contributed by atoms with E-state index in [9.17, 15) is 19.2 Å². The van der Waals surface area contributed by atoms with Gasteiger partial charge in [-0.2, -0.15) is 5.21 Å². The lowest BCUT2D eigenvalue weighted by atomic mass is 9.81. The number of carboxylic acid groups (broad SMARTS) is 1. The SMILES string of the molecule is CNC(=O)c1ccccc1-c1ccc(C[C@H](NC(=O)[C@H]2CC[C@H](CNC(=O)O)CC2)C(=O)Nc2ccc(-c3nn[nH]n3)cc2)cc1. The predicted molar refractivity (Wildman–Crippen MR) is 171 cm³/mol. The zero-order valence-corrected chi connectivity index (χ0v) is 25.3. The fourth-order valence-electron chi connectivity index (χ4n) is 5.70. The van der Waals surface area contributed by atoms with Crippen LogP contribution in [0, 0.1) is 11.8 Å². The summed E-state index contributed by atoms with van der Waals surface area (Å²) in [7, 11) is 1.59. The number of anilines is 1. The topological polar surface area (TPSA) is 191 Å². The molecule has 1 aliphatic rings. The van der Waals surface area contributed by atoms with Crippen LogP contribution >= 0.6 is 0 Å². The molecule has 1 aliphatic carbocycles. The van der Waals surface area contributed by atoms with Gasteiger partial charge in [-0.25, -0.2) is 4.79 Å². The third kappa shape index (κ3) is 8.11.